The summed E-state index contributed by atoms with van der Waals surface area (Å²) >= 11 is 0. The molecule has 1 aliphatic heterocycles. The Hall–Kier alpha value is -3.02. The van der Waals surface area contributed by atoms with Gasteiger partial charge in [0.25, 0.3) is 5.91 Å². The van der Waals surface area contributed by atoms with Crippen LogP contribution >= 0.6 is 0 Å². The van der Waals surface area contributed by atoms with E-state index in [9.17, 15) is 9.18 Å². The van der Waals surface area contributed by atoms with E-state index < -0.39 is 0 Å². The maximum absolute atomic E-state index is 13.7. The molecule has 126 valence electrons. The van der Waals surface area contributed by atoms with Crippen molar-refractivity contribution in [2.75, 3.05) is 11.4 Å². The van der Waals surface area contributed by atoms with Crippen molar-refractivity contribution in [3.8, 4) is 5.69 Å². The summed E-state index contributed by atoms with van der Waals surface area (Å²) in [6.45, 7) is 2.52. The molecule has 3 aromatic rings. The molecule has 2 heterocycles. The Balaban J connectivity index is 1.69. The molecule has 1 aliphatic rings. The molecule has 0 atom stereocenters. The lowest BCUT2D eigenvalue weighted by atomic mass is 10.00. The Kier molecular flexibility index (Phi) is 3.80. The van der Waals surface area contributed by atoms with Crippen LogP contribution in [-0.4, -0.2) is 27.2 Å². The number of hydrogen-bond acceptors (Lipinski definition) is 3. The molecule has 1 aromatic heterocycles. The van der Waals surface area contributed by atoms with E-state index in [0.29, 0.717) is 17.8 Å². The average Bonchev–Trinajstić information content (AvgIpc) is 3.15. The van der Waals surface area contributed by atoms with E-state index in [1.807, 2.05) is 19.1 Å². The predicted octanol–water partition coefficient (Wildman–Crippen LogP) is 3.31. The largest absolute Gasteiger partial charge is 0.308 e. The summed E-state index contributed by atoms with van der Waals surface area (Å²) in [4.78, 5) is 18.6. The summed E-state index contributed by atoms with van der Waals surface area (Å²) in [5, 5.41) is 4.12. The van der Waals surface area contributed by atoms with Crippen LogP contribution in [0.15, 0.2) is 49.1 Å². The molecule has 0 radical (unpaired) electrons. The van der Waals surface area contributed by atoms with Crippen molar-refractivity contribution in [1.82, 2.24) is 14.8 Å². The van der Waals surface area contributed by atoms with Gasteiger partial charge >= 0.3 is 0 Å². The summed E-state index contributed by atoms with van der Waals surface area (Å²) in [7, 11) is 0. The number of carbonyl (C=O) groups is 1. The number of benzene rings is 2. The molecule has 25 heavy (non-hydrogen) atoms. The van der Waals surface area contributed by atoms with Gasteiger partial charge in [-0.1, -0.05) is 6.07 Å². The highest BCUT2D eigenvalue weighted by Gasteiger charge is 2.24. The van der Waals surface area contributed by atoms with Gasteiger partial charge in [0.2, 0.25) is 0 Å². The topological polar surface area (TPSA) is 51.0 Å². The summed E-state index contributed by atoms with van der Waals surface area (Å²) in [6, 6.07) is 10.1. The van der Waals surface area contributed by atoms with Gasteiger partial charge < -0.3 is 4.90 Å². The highest BCUT2D eigenvalue weighted by Crippen LogP contribution is 2.29. The van der Waals surface area contributed by atoms with Crippen molar-refractivity contribution in [2.45, 2.75) is 19.8 Å². The standard InChI is InChI=1S/C19H17FN4O/c1-13-9-15(5-7-17(13)24-12-21-11-22-24)19(25)23-8-2-3-14-4-6-16(20)10-18(14)23/h4-7,9-12H,2-3,8H2,1H3. The van der Waals surface area contributed by atoms with Crippen LogP contribution in [0.25, 0.3) is 5.69 Å². The smallest absolute Gasteiger partial charge is 0.258 e. The second-order valence-electron chi connectivity index (χ2n) is 6.17. The van der Waals surface area contributed by atoms with Gasteiger partial charge in [0.1, 0.15) is 18.5 Å². The average molecular weight is 336 g/mol. The number of nitrogens with zero attached hydrogens (tertiary/aromatic N) is 4. The van der Waals surface area contributed by atoms with E-state index >= 15 is 0 Å². The van der Waals surface area contributed by atoms with Gasteiger partial charge in [0.05, 0.1) is 11.4 Å². The van der Waals surface area contributed by atoms with Crippen molar-refractivity contribution in [1.29, 1.82) is 0 Å². The molecule has 2 aromatic carbocycles. The zero-order valence-electron chi connectivity index (χ0n) is 13.8. The second-order valence-corrected chi connectivity index (χ2v) is 6.17. The molecule has 0 bridgehead atoms. The van der Waals surface area contributed by atoms with Gasteiger partial charge in [-0.05, 0) is 61.2 Å². The molecular weight excluding hydrogens is 319 g/mol. The third-order valence-electron chi connectivity index (χ3n) is 4.52. The van der Waals surface area contributed by atoms with Gasteiger partial charge in [-0.15, -0.1) is 0 Å². The van der Waals surface area contributed by atoms with Crippen LogP contribution in [0.5, 0.6) is 0 Å². The van der Waals surface area contributed by atoms with Gasteiger partial charge in [-0.3, -0.25) is 4.79 Å². The zero-order valence-corrected chi connectivity index (χ0v) is 13.8. The number of anilines is 1. The number of aromatic nitrogens is 3. The fourth-order valence-electron chi connectivity index (χ4n) is 3.29. The molecule has 0 fully saturated rings. The quantitative estimate of drug-likeness (QED) is 0.721. The lowest BCUT2D eigenvalue weighted by molar-refractivity contribution is 0.0985. The molecule has 0 saturated heterocycles. The van der Waals surface area contributed by atoms with Crippen LogP contribution in [0.4, 0.5) is 10.1 Å². The minimum atomic E-state index is -0.323. The molecule has 6 heteroatoms. The van der Waals surface area contributed by atoms with E-state index in [1.54, 1.807) is 28.0 Å². The molecule has 0 aliphatic carbocycles. The molecule has 0 saturated carbocycles. The molecule has 4 rings (SSSR count). The first-order valence-electron chi connectivity index (χ1n) is 8.19. The number of carbonyl (C=O) groups excluding carboxylic acids is 1. The Labute approximate surface area is 144 Å². The summed E-state index contributed by atoms with van der Waals surface area (Å²) < 4.78 is 15.3. The molecule has 1 amide bonds. The van der Waals surface area contributed by atoms with Gasteiger partial charge in [-0.2, -0.15) is 5.10 Å². The highest BCUT2D eigenvalue weighted by atomic mass is 19.1. The van der Waals surface area contributed by atoms with Crippen molar-refractivity contribution in [3.63, 3.8) is 0 Å². The van der Waals surface area contributed by atoms with Crippen LogP contribution in [0.3, 0.4) is 0 Å². The van der Waals surface area contributed by atoms with Crippen LogP contribution < -0.4 is 4.90 Å². The fourth-order valence-corrected chi connectivity index (χ4v) is 3.29. The Morgan fingerprint density at radius 2 is 2.04 bits per heavy atom. The monoisotopic (exact) mass is 336 g/mol. The van der Waals surface area contributed by atoms with E-state index in [4.69, 9.17) is 0 Å². The molecule has 0 spiro atoms. The number of aryl methyl sites for hydroxylation is 2. The molecule has 5 nitrogen and oxygen atoms in total. The number of rotatable bonds is 2. The van der Waals surface area contributed by atoms with E-state index in [-0.39, 0.29) is 11.7 Å². The number of fused-ring (bicyclic) bond motifs is 1. The van der Waals surface area contributed by atoms with Crippen LogP contribution in [-0.2, 0) is 6.42 Å². The van der Waals surface area contributed by atoms with Crippen molar-refractivity contribution >= 4 is 11.6 Å². The normalized spacial score (nSPS) is 13.6. The Morgan fingerprint density at radius 1 is 1.16 bits per heavy atom. The minimum absolute atomic E-state index is 0.111. The molecular formula is C19H17FN4O. The first-order valence-corrected chi connectivity index (χ1v) is 8.19. The van der Waals surface area contributed by atoms with Crippen LogP contribution in [0.1, 0.15) is 27.9 Å². The first-order chi connectivity index (χ1) is 12.1. The van der Waals surface area contributed by atoms with E-state index in [2.05, 4.69) is 10.1 Å². The van der Waals surface area contributed by atoms with Crippen molar-refractivity contribution in [3.05, 3.63) is 71.6 Å². The SMILES string of the molecule is Cc1cc(C(=O)N2CCCc3ccc(F)cc32)ccc1-n1cncn1. The van der Waals surface area contributed by atoms with E-state index in [0.717, 1.165) is 29.7 Å². The zero-order chi connectivity index (χ0) is 17.4. The maximum atomic E-state index is 13.7. The Bertz CT molecular complexity index is 937. The number of hydrogen-bond donors (Lipinski definition) is 0. The lowest BCUT2D eigenvalue weighted by Crippen LogP contribution is -2.35. The van der Waals surface area contributed by atoms with E-state index in [1.165, 1.54) is 18.5 Å². The van der Waals surface area contributed by atoms with Crippen molar-refractivity contribution in [2.24, 2.45) is 0 Å². The first kappa shape index (κ1) is 15.5. The minimum Gasteiger partial charge on any atom is -0.308 e. The summed E-state index contributed by atoms with van der Waals surface area (Å²) in [5.41, 5.74) is 4.07. The summed E-state index contributed by atoms with van der Waals surface area (Å²) in [6.07, 6.45) is 4.83. The van der Waals surface area contributed by atoms with Gasteiger partial charge in [-0.25, -0.2) is 14.1 Å². The fraction of sp³-hybridized carbons (Fsp3) is 0.211. The van der Waals surface area contributed by atoms with Crippen molar-refractivity contribution < 1.29 is 9.18 Å². The molecule has 0 N–H and O–H groups in total. The maximum Gasteiger partial charge on any atom is 0.258 e. The highest BCUT2D eigenvalue weighted by molar-refractivity contribution is 6.07. The third kappa shape index (κ3) is 2.80. The van der Waals surface area contributed by atoms with Gasteiger partial charge in [0, 0.05) is 12.1 Å². The Morgan fingerprint density at radius 3 is 2.80 bits per heavy atom. The van der Waals surface area contributed by atoms with Crippen LogP contribution in [0.2, 0.25) is 0 Å². The number of amides is 1. The van der Waals surface area contributed by atoms with Crippen LogP contribution in [0, 0.1) is 12.7 Å². The second kappa shape index (κ2) is 6.12. The predicted molar refractivity (Wildman–Crippen MR) is 92.5 cm³/mol. The van der Waals surface area contributed by atoms with Gasteiger partial charge in [0.15, 0.2) is 0 Å². The summed E-state index contributed by atoms with van der Waals surface area (Å²) in [5.74, 6) is -0.434. The third-order valence-corrected chi connectivity index (χ3v) is 4.52. The number of halogens is 1. The lowest BCUT2D eigenvalue weighted by Gasteiger charge is -2.29. The molecule has 0 unspecified atom stereocenters.